The van der Waals surface area contributed by atoms with Gasteiger partial charge in [0.15, 0.2) is 5.96 Å². The van der Waals surface area contributed by atoms with Crippen LogP contribution < -0.4 is 25.0 Å². The zero-order valence-electron chi connectivity index (χ0n) is 19.8. The van der Waals surface area contributed by atoms with E-state index in [1.165, 1.54) is 25.8 Å². The highest BCUT2D eigenvalue weighted by Crippen LogP contribution is 2.30. The van der Waals surface area contributed by atoms with Gasteiger partial charge >= 0.3 is 0 Å². The number of benzene rings is 1. The van der Waals surface area contributed by atoms with Crippen LogP contribution in [0.2, 0.25) is 0 Å². The fraction of sp³-hybridized carbons (Fsp3) is 0.708. The highest BCUT2D eigenvalue weighted by molar-refractivity contribution is 5.80. The Hall–Kier alpha value is -2.15. The van der Waals surface area contributed by atoms with E-state index in [0.717, 1.165) is 68.7 Å². The zero-order chi connectivity index (χ0) is 22.1. The minimum Gasteiger partial charge on any atom is -0.497 e. The second-order valence-electron chi connectivity index (χ2n) is 8.62. The first kappa shape index (κ1) is 23.5. The number of nitrogens with zero attached hydrogens (tertiary/aromatic N) is 3. The average Bonchev–Trinajstić information content (AvgIpc) is 2.80. The van der Waals surface area contributed by atoms with Crippen molar-refractivity contribution in [3.8, 4) is 11.5 Å². The topological polar surface area (TPSA) is 61.4 Å². The second kappa shape index (κ2) is 12.0. The van der Waals surface area contributed by atoms with Gasteiger partial charge in [-0.3, -0.25) is 9.89 Å². The molecule has 0 amide bonds. The number of anilines is 1. The Labute approximate surface area is 188 Å². The van der Waals surface area contributed by atoms with Crippen LogP contribution in [-0.4, -0.2) is 76.4 Å². The first-order valence-corrected chi connectivity index (χ1v) is 11.9. The van der Waals surface area contributed by atoms with Gasteiger partial charge < -0.3 is 25.0 Å². The molecule has 1 atom stereocenters. The van der Waals surface area contributed by atoms with Gasteiger partial charge in [-0.15, -0.1) is 0 Å². The number of ether oxygens (including phenoxy) is 2. The Kier molecular flexibility index (Phi) is 9.13. The quantitative estimate of drug-likeness (QED) is 0.487. The molecule has 0 aromatic heterocycles. The summed E-state index contributed by atoms with van der Waals surface area (Å²) in [5.41, 5.74) is 1.16. The van der Waals surface area contributed by atoms with E-state index in [-0.39, 0.29) is 0 Å². The molecular weight excluding hydrogens is 390 g/mol. The normalized spacial score (nSPS) is 21.1. The molecule has 0 saturated carbocycles. The summed E-state index contributed by atoms with van der Waals surface area (Å²) in [4.78, 5) is 9.85. The van der Waals surface area contributed by atoms with Crippen molar-refractivity contribution in [1.29, 1.82) is 0 Å². The van der Waals surface area contributed by atoms with E-state index in [1.807, 2.05) is 6.07 Å². The van der Waals surface area contributed by atoms with Gasteiger partial charge in [-0.05, 0) is 46.1 Å². The molecule has 0 aliphatic carbocycles. The third-order valence-electron chi connectivity index (χ3n) is 6.48. The minimum absolute atomic E-state index is 0.440. The summed E-state index contributed by atoms with van der Waals surface area (Å²) in [6.07, 6.45) is 6.16. The zero-order valence-corrected chi connectivity index (χ0v) is 19.8. The summed E-state index contributed by atoms with van der Waals surface area (Å²) in [6, 6.07) is 7.23. The van der Waals surface area contributed by atoms with E-state index in [4.69, 9.17) is 14.5 Å². The lowest BCUT2D eigenvalue weighted by molar-refractivity contribution is 0.166. The van der Waals surface area contributed by atoms with Gasteiger partial charge in [-0.1, -0.05) is 6.42 Å². The smallest absolute Gasteiger partial charge is 0.191 e. The van der Waals surface area contributed by atoms with E-state index < -0.39 is 0 Å². The van der Waals surface area contributed by atoms with E-state index in [9.17, 15) is 0 Å². The predicted octanol–water partition coefficient (Wildman–Crippen LogP) is 3.10. The number of rotatable bonds is 8. The van der Waals surface area contributed by atoms with Crippen LogP contribution in [0.1, 0.15) is 46.0 Å². The number of methoxy groups -OCH3 is 2. The number of hydrogen-bond donors (Lipinski definition) is 2. The lowest BCUT2D eigenvalue weighted by Crippen LogP contribution is -2.49. The first-order valence-electron chi connectivity index (χ1n) is 11.9. The Morgan fingerprint density at radius 2 is 1.74 bits per heavy atom. The van der Waals surface area contributed by atoms with Gasteiger partial charge in [-0.2, -0.15) is 0 Å². The van der Waals surface area contributed by atoms with Gasteiger partial charge in [0, 0.05) is 62.1 Å². The minimum atomic E-state index is 0.440. The van der Waals surface area contributed by atoms with Crippen molar-refractivity contribution in [3.05, 3.63) is 18.2 Å². The van der Waals surface area contributed by atoms with Crippen LogP contribution in [0.4, 0.5) is 5.69 Å². The summed E-state index contributed by atoms with van der Waals surface area (Å²) < 4.78 is 10.9. The summed E-state index contributed by atoms with van der Waals surface area (Å²) in [7, 11) is 3.39. The molecule has 2 aliphatic rings. The van der Waals surface area contributed by atoms with E-state index in [0.29, 0.717) is 12.1 Å². The van der Waals surface area contributed by atoms with E-state index >= 15 is 0 Å². The Morgan fingerprint density at radius 3 is 2.35 bits per heavy atom. The van der Waals surface area contributed by atoms with Gasteiger partial charge in [0.1, 0.15) is 11.5 Å². The molecule has 31 heavy (non-hydrogen) atoms. The molecule has 0 spiro atoms. The summed E-state index contributed by atoms with van der Waals surface area (Å²) in [5.74, 6) is 2.62. The third kappa shape index (κ3) is 6.92. The Bertz CT molecular complexity index is 681. The molecule has 7 nitrogen and oxygen atoms in total. The van der Waals surface area contributed by atoms with Crippen molar-refractivity contribution in [2.75, 3.05) is 58.4 Å². The maximum Gasteiger partial charge on any atom is 0.191 e. The second-order valence-corrected chi connectivity index (χ2v) is 8.62. The summed E-state index contributed by atoms with van der Waals surface area (Å²) in [6.45, 7) is 10.5. The molecule has 2 heterocycles. The van der Waals surface area contributed by atoms with Gasteiger partial charge in [-0.25, -0.2) is 0 Å². The fourth-order valence-electron chi connectivity index (χ4n) is 4.55. The van der Waals surface area contributed by atoms with Gasteiger partial charge in [0.05, 0.1) is 20.8 Å². The number of nitrogens with one attached hydrogen (secondary N) is 2. The molecule has 0 bridgehead atoms. The van der Waals surface area contributed by atoms with Crippen molar-refractivity contribution in [2.24, 2.45) is 4.99 Å². The third-order valence-corrected chi connectivity index (χ3v) is 6.48. The molecule has 2 aliphatic heterocycles. The Balaban J connectivity index is 1.50. The highest BCUT2D eigenvalue weighted by Gasteiger charge is 2.21. The lowest BCUT2D eigenvalue weighted by Gasteiger charge is -2.35. The molecule has 2 fully saturated rings. The van der Waals surface area contributed by atoms with Crippen LogP contribution in [0, 0.1) is 0 Å². The monoisotopic (exact) mass is 431 g/mol. The van der Waals surface area contributed by atoms with Crippen LogP contribution in [-0.2, 0) is 0 Å². The predicted molar refractivity (Wildman–Crippen MR) is 129 cm³/mol. The van der Waals surface area contributed by atoms with Gasteiger partial charge in [0.2, 0.25) is 0 Å². The molecule has 1 aromatic rings. The van der Waals surface area contributed by atoms with Crippen molar-refractivity contribution >= 4 is 11.6 Å². The maximum absolute atomic E-state index is 5.43. The van der Waals surface area contributed by atoms with Crippen molar-refractivity contribution in [3.63, 3.8) is 0 Å². The first-order chi connectivity index (χ1) is 15.1. The van der Waals surface area contributed by atoms with Crippen LogP contribution in [0.15, 0.2) is 23.2 Å². The number of aliphatic imine (C=N–C) groups is 1. The molecule has 2 N–H and O–H groups in total. The SMILES string of the molecule is CCNC(=NCCN1CCCCC1C)NC1CCN(c2cc(OC)cc(OC)c2)CC1. The number of likely N-dealkylation sites (tertiary alicyclic amines) is 1. The van der Waals surface area contributed by atoms with E-state index in [1.54, 1.807) is 14.2 Å². The van der Waals surface area contributed by atoms with Crippen molar-refractivity contribution < 1.29 is 9.47 Å². The largest absolute Gasteiger partial charge is 0.497 e. The number of guanidine groups is 1. The molecule has 1 unspecified atom stereocenters. The van der Waals surface area contributed by atoms with Crippen molar-refractivity contribution in [1.82, 2.24) is 15.5 Å². The van der Waals surface area contributed by atoms with Crippen molar-refractivity contribution in [2.45, 2.75) is 58.0 Å². The maximum atomic E-state index is 5.43. The average molecular weight is 432 g/mol. The fourth-order valence-corrected chi connectivity index (χ4v) is 4.55. The number of hydrogen-bond acceptors (Lipinski definition) is 5. The molecule has 2 saturated heterocycles. The Morgan fingerprint density at radius 1 is 1.03 bits per heavy atom. The summed E-state index contributed by atoms with van der Waals surface area (Å²) in [5, 5.41) is 7.09. The van der Waals surface area contributed by atoms with Crippen LogP contribution in [0.5, 0.6) is 11.5 Å². The standard InChI is InChI=1S/C24H41N5O2/c1-5-25-24(26-11-15-28-12-7-6-8-19(28)2)27-20-9-13-29(14-10-20)21-16-22(30-3)18-23(17-21)31-4/h16-20H,5-15H2,1-4H3,(H2,25,26,27). The van der Waals surface area contributed by atoms with Crippen LogP contribution in [0.3, 0.4) is 0 Å². The molecule has 0 radical (unpaired) electrons. The van der Waals surface area contributed by atoms with Crippen LogP contribution in [0.25, 0.3) is 0 Å². The van der Waals surface area contributed by atoms with E-state index in [2.05, 4.69) is 46.4 Å². The number of piperidine rings is 2. The molecule has 7 heteroatoms. The lowest BCUT2D eigenvalue weighted by atomic mass is 10.0. The van der Waals surface area contributed by atoms with Gasteiger partial charge in [0.25, 0.3) is 0 Å². The molecule has 1 aromatic carbocycles. The molecule has 3 rings (SSSR count). The van der Waals surface area contributed by atoms with Crippen LogP contribution >= 0.6 is 0 Å². The highest BCUT2D eigenvalue weighted by atomic mass is 16.5. The summed E-state index contributed by atoms with van der Waals surface area (Å²) >= 11 is 0. The molecular formula is C24H41N5O2. The molecule has 174 valence electrons.